The lowest BCUT2D eigenvalue weighted by Crippen LogP contribution is -2.41. The van der Waals surface area contributed by atoms with Crippen LogP contribution in [0.1, 0.15) is 23.2 Å². The largest absolute Gasteiger partial charge is 0.381 e. The van der Waals surface area contributed by atoms with E-state index in [9.17, 15) is 9.59 Å². The van der Waals surface area contributed by atoms with Crippen LogP contribution < -0.4 is 11.1 Å². The molecule has 1 aromatic heterocycles. The fourth-order valence-electron chi connectivity index (χ4n) is 2.00. The standard InChI is InChI=1S/C12H16N4O2/c1-16-5-3-8(6-11(16)17)15-10-2-4-14-7-9(10)12(13)18/h2,4,7-8H,3,5-6H2,1H3,(H2,13,18)(H,14,15). The van der Waals surface area contributed by atoms with Gasteiger partial charge in [-0.1, -0.05) is 0 Å². The number of piperidine rings is 1. The molecule has 2 amide bonds. The summed E-state index contributed by atoms with van der Waals surface area (Å²) in [5.41, 5.74) is 6.26. The van der Waals surface area contributed by atoms with Crippen molar-refractivity contribution in [3.63, 3.8) is 0 Å². The molecular formula is C12H16N4O2. The summed E-state index contributed by atoms with van der Waals surface area (Å²) in [4.78, 5) is 28.4. The Morgan fingerprint density at radius 1 is 1.61 bits per heavy atom. The number of aromatic nitrogens is 1. The topological polar surface area (TPSA) is 88.3 Å². The normalized spacial score (nSPS) is 19.7. The lowest BCUT2D eigenvalue weighted by molar-refractivity contribution is -0.132. The third-order valence-corrected chi connectivity index (χ3v) is 3.11. The summed E-state index contributed by atoms with van der Waals surface area (Å²) in [7, 11) is 1.79. The Kier molecular flexibility index (Phi) is 3.45. The number of primary amides is 1. The molecule has 0 bridgehead atoms. The highest BCUT2D eigenvalue weighted by molar-refractivity contribution is 5.98. The fraction of sp³-hybridized carbons (Fsp3) is 0.417. The molecule has 0 radical (unpaired) electrons. The number of amides is 2. The van der Waals surface area contributed by atoms with Gasteiger partial charge in [-0.15, -0.1) is 0 Å². The maximum atomic E-state index is 11.6. The number of carbonyl (C=O) groups excluding carboxylic acids is 2. The van der Waals surface area contributed by atoms with Gasteiger partial charge in [-0.05, 0) is 12.5 Å². The van der Waals surface area contributed by atoms with Crippen molar-refractivity contribution >= 4 is 17.5 Å². The van der Waals surface area contributed by atoms with Crippen LogP contribution >= 0.6 is 0 Å². The molecule has 1 atom stereocenters. The van der Waals surface area contributed by atoms with E-state index >= 15 is 0 Å². The monoisotopic (exact) mass is 248 g/mol. The van der Waals surface area contributed by atoms with Gasteiger partial charge in [0.15, 0.2) is 0 Å². The van der Waals surface area contributed by atoms with Crippen LogP contribution in [-0.2, 0) is 4.79 Å². The minimum absolute atomic E-state index is 0.0363. The maximum absolute atomic E-state index is 11.6. The number of nitrogens with one attached hydrogen (secondary N) is 1. The Morgan fingerprint density at radius 3 is 3.06 bits per heavy atom. The summed E-state index contributed by atoms with van der Waals surface area (Å²) in [6.07, 6.45) is 4.30. The molecule has 1 unspecified atom stereocenters. The second kappa shape index (κ2) is 5.03. The van der Waals surface area contributed by atoms with Crippen LogP contribution in [0.2, 0.25) is 0 Å². The highest BCUT2D eigenvalue weighted by Crippen LogP contribution is 2.19. The van der Waals surface area contributed by atoms with Crippen LogP contribution in [0.4, 0.5) is 5.69 Å². The van der Waals surface area contributed by atoms with Gasteiger partial charge in [0, 0.05) is 38.4 Å². The second-order valence-electron chi connectivity index (χ2n) is 4.43. The molecule has 0 saturated carbocycles. The van der Waals surface area contributed by atoms with Gasteiger partial charge in [-0.2, -0.15) is 0 Å². The first-order valence-electron chi connectivity index (χ1n) is 5.82. The van der Waals surface area contributed by atoms with E-state index in [0.29, 0.717) is 24.2 Å². The average Bonchev–Trinajstić information content (AvgIpc) is 2.34. The van der Waals surface area contributed by atoms with Crippen molar-refractivity contribution in [1.29, 1.82) is 0 Å². The fourth-order valence-corrected chi connectivity index (χ4v) is 2.00. The predicted molar refractivity (Wildman–Crippen MR) is 67.0 cm³/mol. The van der Waals surface area contributed by atoms with Gasteiger partial charge >= 0.3 is 0 Å². The molecule has 18 heavy (non-hydrogen) atoms. The van der Waals surface area contributed by atoms with Crippen LogP contribution in [-0.4, -0.2) is 41.3 Å². The molecule has 2 rings (SSSR count). The third-order valence-electron chi connectivity index (χ3n) is 3.11. The summed E-state index contributed by atoms with van der Waals surface area (Å²) < 4.78 is 0. The number of nitrogens with zero attached hydrogens (tertiary/aromatic N) is 2. The van der Waals surface area contributed by atoms with Crippen LogP contribution in [0, 0.1) is 0 Å². The molecular weight excluding hydrogens is 232 g/mol. The molecule has 0 spiro atoms. The molecule has 2 heterocycles. The van der Waals surface area contributed by atoms with E-state index in [1.54, 1.807) is 24.2 Å². The molecule has 1 fully saturated rings. The number of hydrogen-bond donors (Lipinski definition) is 2. The average molecular weight is 248 g/mol. The van der Waals surface area contributed by atoms with Gasteiger partial charge in [-0.3, -0.25) is 14.6 Å². The van der Waals surface area contributed by atoms with E-state index in [-0.39, 0.29) is 11.9 Å². The van der Waals surface area contributed by atoms with Gasteiger partial charge in [0.1, 0.15) is 0 Å². The molecule has 1 saturated heterocycles. The van der Waals surface area contributed by atoms with E-state index in [1.807, 2.05) is 0 Å². The molecule has 0 aliphatic carbocycles. The first-order chi connectivity index (χ1) is 8.58. The number of pyridine rings is 1. The molecule has 1 aliphatic rings. The molecule has 6 heteroatoms. The lowest BCUT2D eigenvalue weighted by Gasteiger charge is -2.30. The van der Waals surface area contributed by atoms with Gasteiger partial charge < -0.3 is 16.0 Å². The number of rotatable bonds is 3. The molecule has 3 N–H and O–H groups in total. The van der Waals surface area contributed by atoms with E-state index in [0.717, 1.165) is 6.42 Å². The van der Waals surface area contributed by atoms with Gasteiger partial charge in [0.25, 0.3) is 5.91 Å². The number of hydrogen-bond acceptors (Lipinski definition) is 4. The van der Waals surface area contributed by atoms with Gasteiger partial charge in [0.2, 0.25) is 5.91 Å². The Morgan fingerprint density at radius 2 is 2.39 bits per heavy atom. The van der Waals surface area contributed by atoms with Crippen molar-refractivity contribution < 1.29 is 9.59 Å². The number of anilines is 1. The molecule has 1 aromatic rings. The third kappa shape index (κ3) is 2.58. The summed E-state index contributed by atoms with van der Waals surface area (Å²) in [5.74, 6) is -0.418. The number of carbonyl (C=O) groups is 2. The van der Waals surface area contributed by atoms with Gasteiger partial charge in [0.05, 0.1) is 11.3 Å². The highest BCUT2D eigenvalue weighted by Gasteiger charge is 2.23. The smallest absolute Gasteiger partial charge is 0.252 e. The highest BCUT2D eigenvalue weighted by atomic mass is 16.2. The quantitative estimate of drug-likeness (QED) is 0.800. The first kappa shape index (κ1) is 12.3. The van der Waals surface area contributed by atoms with Crippen LogP contribution in [0.25, 0.3) is 0 Å². The molecule has 6 nitrogen and oxygen atoms in total. The summed E-state index contributed by atoms with van der Waals surface area (Å²) in [6.45, 7) is 0.716. The zero-order chi connectivity index (χ0) is 13.1. The van der Waals surface area contributed by atoms with Crippen molar-refractivity contribution in [2.45, 2.75) is 18.9 Å². The van der Waals surface area contributed by atoms with E-state index in [2.05, 4.69) is 10.3 Å². The first-order valence-corrected chi connectivity index (χ1v) is 5.82. The molecule has 0 aromatic carbocycles. The van der Waals surface area contributed by atoms with Crippen LogP contribution in [0.5, 0.6) is 0 Å². The number of likely N-dealkylation sites (tertiary alicyclic amines) is 1. The van der Waals surface area contributed by atoms with E-state index in [1.165, 1.54) is 6.20 Å². The van der Waals surface area contributed by atoms with Crippen molar-refractivity contribution in [3.05, 3.63) is 24.0 Å². The Hall–Kier alpha value is -2.11. The predicted octanol–water partition coefficient (Wildman–Crippen LogP) is 0.213. The summed E-state index contributed by atoms with van der Waals surface area (Å²) >= 11 is 0. The second-order valence-corrected chi connectivity index (χ2v) is 4.43. The summed E-state index contributed by atoms with van der Waals surface area (Å²) in [6, 6.07) is 1.73. The Labute approximate surface area is 105 Å². The maximum Gasteiger partial charge on any atom is 0.252 e. The zero-order valence-corrected chi connectivity index (χ0v) is 10.2. The lowest BCUT2D eigenvalue weighted by atomic mass is 10.0. The zero-order valence-electron chi connectivity index (χ0n) is 10.2. The van der Waals surface area contributed by atoms with Crippen molar-refractivity contribution in [1.82, 2.24) is 9.88 Å². The number of nitrogens with two attached hydrogens (primary N) is 1. The van der Waals surface area contributed by atoms with E-state index < -0.39 is 5.91 Å². The molecule has 1 aliphatic heterocycles. The van der Waals surface area contributed by atoms with Crippen molar-refractivity contribution in [2.75, 3.05) is 18.9 Å². The van der Waals surface area contributed by atoms with E-state index in [4.69, 9.17) is 5.73 Å². The Bertz CT molecular complexity index is 475. The SMILES string of the molecule is CN1CCC(Nc2ccncc2C(N)=O)CC1=O. The molecule has 96 valence electrons. The van der Waals surface area contributed by atoms with Gasteiger partial charge in [-0.25, -0.2) is 0 Å². The van der Waals surface area contributed by atoms with Crippen LogP contribution in [0.3, 0.4) is 0 Å². The minimum atomic E-state index is -0.523. The van der Waals surface area contributed by atoms with Crippen molar-refractivity contribution in [2.24, 2.45) is 5.73 Å². The summed E-state index contributed by atoms with van der Waals surface area (Å²) in [5, 5.41) is 3.19. The van der Waals surface area contributed by atoms with Crippen LogP contribution in [0.15, 0.2) is 18.5 Å². The minimum Gasteiger partial charge on any atom is -0.381 e. The Balaban J connectivity index is 2.10. The van der Waals surface area contributed by atoms with Crippen molar-refractivity contribution in [3.8, 4) is 0 Å².